The van der Waals surface area contributed by atoms with Crippen molar-refractivity contribution in [1.29, 1.82) is 5.26 Å². The molecular weight excluding hydrogens is 345 g/mol. The van der Waals surface area contributed by atoms with Gasteiger partial charge in [-0.3, -0.25) is 0 Å². The summed E-state index contributed by atoms with van der Waals surface area (Å²) in [5, 5.41) is 9.02. The molecule has 0 unspecified atom stereocenters. The van der Waals surface area contributed by atoms with E-state index in [0.717, 1.165) is 22.3 Å². The topological polar surface area (TPSA) is 51.5 Å². The van der Waals surface area contributed by atoms with Gasteiger partial charge in [0.1, 0.15) is 12.4 Å². The van der Waals surface area contributed by atoms with Gasteiger partial charge in [-0.05, 0) is 46.9 Å². The van der Waals surface area contributed by atoms with E-state index in [0.29, 0.717) is 24.7 Å². The van der Waals surface area contributed by atoms with E-state index < -0.39 is 0 Å². The van der Waals surface area contributed by atoms with E-state index in [9.17, 15) is 4.39 Å². The number of methoxy groups -OCH3 is 2. The monoisotopic (exact) mass is 369 g/mol. The molecule has 0 aliphatic rings. The van der Waals surface area contributed by atoms with Crippen molar-refractivity contribution in [3.63, 3.8) is 0 Å². The van der Waals surface area contributed by atoms with Gasteiger partial charge in [0.05, 0.1) is 19.8 Å². The van der Waals surface area contributed by atoms with Gasteiger partial charge in [0.15, 0.2) is 11.5 Å². The van der Waals surface area contributed by atoms with E-state index in [4.69, 9.17) is 19.5 Å². The molecule has 0 radical (unpaired) electrons. The van der Waals surface area contributed by atoms with Crippen LogP contribution in [0, 0.1) is 17.1 Å². The number of hydrogen-bond acceptors (Lipinski definition) is 4. The number of nitriles is 1. The summed E-state index contributed by atoms with van der Waals surface area (Å²) in [6, 6.07) is 10.2. The molecule has 0 bridgehead atoms. The third-order valence-corrected chi connectivity index (χ3v) is 4.15. The molecule has 2 rings (SSSR count). The van der Waals surface area contributed by atoms with Crippen LogP contribution in [-0.4, -0.2) is 27.4 Å². The Labute approximate surface area is 159 Å². The number of halogens is 1. The van der Waals surface area contributed by atoms with Crippen molar-refractivity contribution in [2.45, 2.75) is 19.8 Å². The van der Waals surface area contributed by atoms with Crippen LogP contribution in [-0.2, 0) is 4.74 Å². The minimum atomic E-state index is -0.316. The lowest BCUT2D eigenvalue weighted by atomic mass is 9.88. The number of nitrogens with zero attached hydrogens (tertiary/aromatic N) is 1. The van der Waals surface area contributed by atoms with Gasteiger partial charge in [-0.25, -0.2) is 4.39 Å². The number of ether oxygens (including phenoxy) is 3. The van der Waals surface area contributed by atoms with Crippen molar-refractivity contribution in [2.24, 2.45) is 0 Å². The molecule has 0 N–H and O–H groups in total. The van der Waals surface area contributed by atoms with E-state index in [1.54, 1.807) is 32.4 Å². The Morgan fingerprint density at radius 3 is 2.41 bits per heavy atom. The highest BCUT2D eigenvalue weighted by Gasteiger charge is 2.21. The van der Waals surface area contributed by atoms with Crippen molar-refractivity contribution in [2.75, 3.05) is 27.4 Å². The predicted octanol–water partition coefficient (Wildman–Crippen LogP) is 5.19. The van der Waals surface area contributed by atoms with E-state index in [1.807, 2.05) is 12.1 Å². The molecule has 2 aromatic rings. The van der Waals surface area contributed by atoms with Crippen LogP contribution in [0.2, 0.25) is 0 Å². The minimum absolute atomic E-state index is 0.179. The van der Waals surface area contributed by atoms with Crippen molar-refractivity contribution in [3.8, 4) is 28.7 Å². The van der Waals surface area contributed by atoms with Gasteiger partial charge in [0.2, 0.25) is 0 Å². The fourth-order valence-electron chi connectivity index (χ4n) is 2.90. The summed E-state index contributed by atoms with van der Waals surface area (Å²) in [4.78, 5) is 0. The van der Waals surface area contributed by atoms with E-state index in [1.165, 1.54) is 18.2 Å². The van der Waals surface area contributed by atoms with Crippen molar-refractivity contribution >= 4 is 6.08 Å². The first-order valence-electron chi connectivity index (χ1n) is 8.72. The summed E-state index contributed by atoms with van der Waals surface area (Å²) < 4.78 is 30.1. The number of allylic oxidation sites excluding steroid dienone is 1. The SMILES string of the molecule is COCCOc1cc(C(C)C)c(/C=C/C#N)c(-c2ccc(F)cc2)c1OC. The Morgan fingerprint density at radius 2 is 1.85 bits per heavy atom. The zero-order valence-electron chi connectivity index (χ0n) is 16.1. The summed E-state index contributed by atoms with van der Waals surface area (Å²) in [5.74, 6) is 0.994. The average molecular weight is 369 g/mol. The Kier molecular flexibility index (Phi) is 7.39. The predicted molar refractivity (Wildman–Crippen MR) is 104 cm³/mol. The lowest BCUT2D eigenvalue weighted by Gasteiger charge is -2.22. The quantitative estimate of drug-likeness (QED) is 0.475. The molecule has 5 heteroatoms. The van der Waals surface area contributed by atoms with Crippen LogP contribution in [0.15, 0.2) is 36.4 Å². The Morgan fingerprint density at radius 1 is 1.15 bits per heavy atom. The smallest absolute Gasteiger partial charge is 0.169 e. The zero-order valence-corrected chi connectivity index (χ0v) is 16.1. The van der Waals surface area contributed by atoms with Crippen LogP contribution in [0.5, 0.6) is 11.5 Å². The second kappa shape index (κ2) is 9.75. The fourth-order valence-corrected chi connectivity index (χ4v) is 2.90. The lowest BCUT2D eigenvalue weighted by Crippen LogP contribution is -2.08. The maximum atomic E-state index is 13.5. The highest BCUT2D eigenvalue weighted by atomic mass is 19.1. The molecule has 2 aromatic carbocycles. The second-order valence-corrected chi connectivity index (χ2v) is 6.25. The molecule has 0 heterocycles. The Hall–Kier alpha value is -2.84. The third-order valence-electron chi connectivity index (χ3n) is 4.15. The van der Waals surface area contributed by atoms with Gasteiger partial charge in [-0.1, -0.05) is 26.0 Å². The molecule has 27 heavy (non-hydrogen) atoms. The van der Waals surface area contributed by atoms with E-state index in [-0.39, 0.29) is 11.7 Å². The van der Waals surface area contributed by atoms with Crippen LogP contribution in [0.1, 0.15) is 30.9 Å². The van der Waals surface area contributed by atoms with Crippen molar-refractivity contribution in [3.05, 3.63) is 53.4 Å². The van der Waals surface area contributed by atoms with Crippen molar-refractivity contribution in [1.82, 2.24) is 0 Å². The first kappa shape index (κ1) is 20.5. The van der Waals surface area contributed by atoms with E-state index in [2.05, 4.69) is 13.8 Å². The lowest BCUT2D eigenvalue weighted by molar-refractivity contribution is 0.144. The summed E-state index contributed by atoms with van der Waals surface area (Å²) in [7, 11) is 3.18. The standard InChI is InChI=1S/C22H24FNO3/c1-15(2)19-14-20(27-13-12-25-3)22(26-4)21(18(19)6-5-11-24)16-7-9-17(23)10-8-16/h5-10,14-15H,12-13H2,1-4H3/b6-5+. The molecule has 0 saturated carbocycles. The van der Waals surface area contributed by atoms with Gasteiger partial charge in [-0.15, -0.1) is 0 Å². The zero-order chi connectivity index (χ0) is 19.8. The molecule has 0 aliphatic heterocycles. The third kappa shape index (κ3) is 4.87. The van der Waals surface area contributed by atoms with Crippen LogP contribution < -0.4 is 9.47 Å². The first-order valence-corrected chi connectivity index (χ1v) is 8.72. The summed E-state index contributed by atoms with van der Waals surface area (Å²) >= 11 is 0. The summed E-state index contributed by atoms with van der Waals surface area (Å²) in [5.41, 5.74) is 3.41. The minimum Gasteiger partial charge on any atom is -0.492 e. The van der Waals surface area contributed by atoms with Crippen LogP contribution in [0.4, 0.5) is 4.39 Å². The second-order valence-electron chi connectivity index (χ2n) is 6.25. The average Bonchev–Trinajstić information content (AvgIpc) is 2.66. The molecule has 0 spiro atoms. The highest BCUT2D eigenvalue weighted by molar-refractivity contribution is 5.85. The van der Waals surface area contributed by atoms with Crippen LogP contribution in [0.25, 0.3) is 17.2 Å². The molecule has 0 aromatic heterocycles. The fraction of sp³-hybridized carbons (Fsp3) is 0.318. The molecule has 0 atom stereocenters. The molecular formula is C22H24FNO3. The summed E-state index contributed by atoms with van der Waals surface area (Å²) in [6.07, 6.45) is 3.19. The molecule has 4 nitrogen and oxygen atoms in total. The molecule has 0 aliphatic carbocycles. The van der Waals surface area contributed by atoms with Gasteiger partial charge in [0, 0.05) is 18.7 Å². The van der Waals surface area contributed by atoms with Crippen LogP contribution in [0.3, 0.4) is 0 Å². The van der Waals surface area contributed by atoms with Gasteiger partial charge < -0.3 is 14.2 Å². The maximum absolute atomic E-state index is 13.5. The maximum Gasteiger partial charge on any atom is 0.169 e. The normalized spacial score (nSPS) is 11.0. The van der Waals surface area contributed by atoms with Gasteiger partial charge in [0.25, 0.3) is 0 Å². The van der Waals surface area contributed by atoms with Gasteiger partial charge in [-0.2, -0.15) is 5.26 Å². The number of hydrogen-bond donors (Lipinski definition) is 0. The largest absolute Gasteiger partial charge is 0.492 e. The molecule has 0 fully saturated rings. The molecule has 142 valence electrons. The van der Waals surface area contributed by atoms with E-state index >= 15 is 0 Å². The highest BCUT2D eigenvalue weighted by Crippen LogP contribution is 2.45. The van der Waals surface area contributed by atoms with Gasteiger partial charge >= 0.3 is 0 Å². The Bertz CT molecular complexity index is 836. The molecule has 0 amide bonds. The summed E-state index contributed by atoms with van der Waals surface area (Å²) in [6.45, 7) is 4.96. The molecule has 0 saturated heterocycles. The van der Waals surface area contributed by atoms with Crippen LogP contribution >= 0.6 is 0 Å². The Balaban J connectivity index is 2.78. The van der Waals surface area contributed by atoms with Crippen molar-refractivity contribution < 1.29 is 18.6 Å². The first-order chi connectivity index (χ1) is 13.0. The number of benzene rings is 2. The number of rotatable bonds is 8.